The fourth-order valence-corrected chi connectivity index (χ4v) is 2.24. The van der Waals surface area contributed by atoms with Gasteiger partial charge in [-0.05, 0) is 38.8 Å². The van der Waals surface area contributed by atoms with Crippen LogP contribution in [0, 0.1) is 6.92 Å². The van der Waals surface area contributed by atoms with Gasteiger partial charge in [-0.25, -0.2) is 0 Å². The molecule has 1 aromatic rings. The van der Waals surface area contributed by atoms with Crippen molar-refractivity contribution in [2.24, 2.45) is 4.99 Å². The molecule has 0 fully saturated rings. The number of nitrogens with zero attached hydrogens (tertiary/aromatic N) is 1. The van der Waals surface area contributed by atoms with Gasteiger partial charge in [-0.3, -0.25) is 9.79 Å². The maximum absolute atomic E-state index is 11.8. The van der Waals surface area contributed by atoms with Crippen molar-refractivity contribution in [2.75, 3.05) is 20.2 Å². The first-order valence-electron chi connectivity index (χ1n) is 8.96. The number of carbonyl (C=O) groups excluding carboxylic acids is 1. The van der Waals surface area contributed by atoms with Crippen LogP contribution in [0.3, 0.4) is 0 Å². The maximum atomic E-state index is 11.8. The molecule has 1 atom stereocenters. The van der Waals surface area contributed by atoms with Gasteiger partial charge in [0, 0.05) is 38.2 Å². The lowest BCUT2D eigenvalue weighted by atomic mass is 10.1. The van der Waals surface area contributed by atoms with E-state index in [-0.39, 0.29) is 35.9 Å². The second-order valence-electron chi connectivity index (χ2n) is 6.02. The Hall–Kier alpha value is -1.51. The summed E-state index contributed by atoms with van der Waals surface area (Å²) in [7, 11) is 1.72. The number of aliphatic imine (C=N–C) groups is 1. The third-order valence-electron chi connectivity index (χ3n) is 3.86. The summed E-state index contributed by atoms with van der Waals surface area (Å²) >= 11 is 0. The van der Waals surface area contributed by atoms with Crippen LogP contribution in [0.5, 0.6) is 5.75 Å². The van der Waals surface area contributed by atoms with Gasteiger partial charge in [-0.15, -0.1) is 24.0 Å². The van der Waals surface area contributed by atoms with Gasteiger partial charge in [-0.2, -0.15) is 0 Å². The zero-order valence-electron chi connectivity index (χ0n) is 16.5. The van der Waals surface area contributed by atoms with Crippen molar-refractivity contribution >= 4 is 35.8 Å². The molecule has 148 valence electrons. The van der Waals surface area contributed by atoms with E-state index in [1.165, 1.54) is 5.56 Å². The zero-order chi connectivity index (χ0) is 18.7. The highest BCUT2D eigenvalue weighted by Crippen LogP contribution is 2.20. The number of nitrogens with one attached hydrogen (secondary N) is 3. The molecule has 26 heavy (non-hydrogen) atoms. The van der Waals surface area contributed by atoms with Crippen LogP contribution < -0.4 is 20.7 Å². The first-order chi connectivity index (χ1) is 12.0. The summed E-state index contributed by atoms with van der Waals surface area (Å²) in [5, 5.41) is 9.37. The fourth-order valence-electron chi connectivity index (χ4n) is 2.24. The third kappa shape index (κ3) is 9.26. The van der Waals surface area contributed by atoms with Crippen LogP contribution in [-0.4, -0.2) is 38.1 Å². The predicted octanol–water partition coefficient (Wildman–Crippen LogP) is 2.98. The van der Waals surface area contributed by atoms with Crippen LogP contribution in [0.1, 0.15) is 44.7 Å². The van der Waals surface area contributed by atoms with E-state index in [0.717, 1.165) is 17.7 Å². The Balaban J connectivity index is 0.00000625. The molecule has 0 saturated heterocycles. The van der Waals surface area contributed by atoms with E-state index in [9.17, 15) is 4.79 Å². The van der Waals surface area contributed by atoms with Crippen LogP contribution in [0.15, 0.2) is 23.2 Å². The Morgan fingerprint density at radius 2 is 2.00 bits per heavy atom. The van der Waals surface area contributed by atoms with E-state index in [0.29, 0.717) is 32.1 Å². The van der Waals surface area contributed by atoms with Gasteiger partial charge < -0.3 is 20.7 Å². The van der Waals surface area contributed by atoms with Crippen molar-refractivity contribution in [1.29, 1.82) is 0 Å². The number of carbonyl (C=O) groups is 1. The van der Waals surface area contributed by atoms with Crippen LogP contribution >= 0.6 is 24.0 Å². The molecule has 0 spiro atoms. The first kappa shape index (κ1) is 24.5. The Labute approximate surface area is 174 Å². The molecule has 1 aromatic carbocycles. The number of hydrogen-bond acceptors (Lipinski definition) is 3. The van der Waals surface area contributed by atoms with Gasteiger partial charge in [0.15, 0.2) is 5.96 Å². The smallest absolute Gasteiger partial charge is 0.221 e. The summed E-state index contributed by atoms with van der Waals surface area (Å²) in [5.74, 6) is 1.60. The lowest BCUT2D eigenvalue weighted by Gasteiger charge is -2.15. The molecule has 6 nitrogen and oxygen atoms in total. The molecule has 0 heterocycles. The standard InChI is InChI=1S/C19H32N4O2.HI/c1-6-15(4)23-18(24)10-11-21-19(20-5)22-13-16-9-8-14(3)12-17(16)25-7-2;/h8-9,12,15H,6-7,10-11,13H2,1-5H3,(H,23,24)(H2,20,21,22);1H. The molecule has 1 amide bonds. The van der Waals surface area contributed by atoms with Crippen LogP contribution in [0.25, 0.3) is 0 Å². The lowest BCUT2D eigenvalue weighted by molar-refractivity contribution is -0.121. The minimum atomic E-state index is 0. The number of benzene rings is 1. The number of aryl methyl sites for hydroxylation is 1. The van der Waals surface area contributed by atoms with Crippen molar-refractivity contribution in [3.8, 4) is 5.75 Å². The molecule has 0 radical (unpaired) electrons. The number of ether oxygens (including phenoxy) is 1. The summed E-state index contributed by atoms with van der Waals surface area (Å²) in [5.41, 5.74) is 2.24. The Bertz CT molecular complexity index is 579. The average Bonchev–Trinajstić information content (AvgIpc) is 2.59. The summed E-state index contributed by atoms with van der Waals surface area (Å²) in [6.45, 7) is 9.85. The zero-order valence-corrected chi connectivity index (χ0v) is 18.8. The molecule has 0 aliphatic rings. The van der Waals surface area contributed by atoms with Crippen LogP contribution in [0.2, 0.25) is 0 Å². The molecular weight excluding hydrogens is 443 g/mol. The van der Waals surface area contributed by atoms with Crippen molar-refractivity contribution in [3.63, 3.8) is 0 Å². The average molecular weight is 476 g/mol. The number of amides is 1. The van der Waals surface area contributed by atoms with E-state index < -0.39 is 0 Å². The van der Waals surface area contributed by atoms with Crippen molar-refractivity contribution in [1.82, 2.24) is 16.0 Å². The van der Waals surface area contributed by atoms with Crippen molar-refractivity contribution in [3.05, 3.63) is 29.3 Å². The molecular formula is C19H33IN4O2. The van der Waals surface area contributed by atoms with Crippen molar-refractivity contribution in [2.45, 2.75) is 53.1 Å². The third-order valence-corrected chi connectivity index (χ3v) is 3.86. The summed E-state index contributed by atoms with van der Waals surface area (Å²) in [4.78, 5) is 16.0. The lowest BCUT2D eigenvalue weighted by Crippen LogP contribution is -2.40. The van der Waals surface area contributed by atoms with Crippen LogP contribution in [-0.2, 0) is 11.3 Å². The van der Waals surface area contributed by atoms with Crippen LogP contribution in [0.4, 0.5) is 0 Å². The molecule has 1 unspecified atom stereocenters. The van der Waals surface area contributed by atoms with E-state index in [1.54, 1.807) is 7.05 Å². The first-order valence-corrected chi connectivity index (χ1v) is 8.96. The minimum absolute atomic E-state index is 0. The Morgan fingerprint density at radius 1 is 1.27 bits per heavy atom. The molecule has 0 aliphatic heterocycles. The van der Waals surface area contributed by atoms with Gasteiger partial charge in [-0.1, -0.05) is 19.1 Å². The fraction of sp³-hybridized carbons (Fsp3) is 0.579. The predicted molar refractivity (Wildman–Crippen MR) is 118 cm³/mol. The monoisotopic (exact) mass is 476 g/mol. The summed E-state index contributed by atoms with van der Waals surface area (Å²) < 4.78 is 5.69. The number of guanidine groups is 1. The molecule has 0 bridgehead atoms. The van der Waals surface area contributed by atoms with Gasteiger partial charge in [0.25, 0.3) is 0 Å². The topological polar surface area (TPSA) is 74.8 Å². The number of hydrogen-bond donors (Lipinski definition) is 3. The molecule has 0 aromatic heterocycles. The van der Waals surface area contributed by atoms with E-state index in [1.807, 2.05) is 26.8 Å². The maximum Gasteiger partial charge on any atom is 0.221 e. The summed E-state index contributed by atoms with van der Waals surface area (Å²) in [6.07, 6.45) is 1.35. The Kier molecular flexibility index (Phi) is 12.9. The SMILES string of the molecule is CCOc1cc(C)ccc1CNC(=NC)NCCC(=O)NC(C)CC.I. The second kappa shape index (κ2) is 13.7. The molecule has 0 saturated carbocycles. The summed E-state index contributed by atoms with van der Waals surface area (Å²) in [6, 6.07) is 6.37. The van der Waals surface area contributed by atoms with Gasteiger partial charge >= 0.3 is 0 Å². The highest BCUT2D eigenvalue weighted by molar-refractivity contribution is 14.0. The molecule has 1 rings (SSSR count). The van der Waals surface area contributed by atoms with Gasteiger partial charge in [0.05, 0.1) is 6.61 Å². The molecule has 3 N–H and O–H groups in total. The van der Waals surface area contributed by atoms with E-state index in [2.05, 4.69) is 40.0 Å². The van der Waals surface area contributed by atoms with Crippen molar-refractivity contribution < 1.29 is 9.53 Å². The van der Waals surface area contributed by atoms with Gasteiger partial charge in [0.2, 0.25) is 5.91 Å². The highest BCUT2D eigenvalue weighted by Gasteiger charge is 2.07. The van der Waals surface area contributed by atoms with Gasteiger partial charge in [0.1, 0.15) is 5.75 Å². The quantitative estimate of drug-likeness (QED) is 0.291. The highest BCUT2D eigenvalue weighted by atomic mass is 127. The normalized spacial score (nSPS) is 12.0. The number of halogens is 1. The molecule has 0 aliphatic carbocycles. The Morgan fingerprint density at radius 3 is 2.62 bits per heavy atom. The molecule has 7 heteroatoms. The van der Waals surface area contributed by atoms with E-state index in [4.69, 9.17) is 4.74 Å². The minimum Gasteiger partial charge on any atom is -0.494 e. The largest absolute Gasteiger partial charge is 0.494 e. The second-order valence-corrected chi connectivity index (χ2v) is 6.02. The van der Waals surface area contributed by atoms with E-state index >= 15 is 0 Å². The number of rotatable bonds is 9.